The first kappa shape index (κ1) is 20.9. The van der Waals surface area contributed by atoms with E-state index in [4.69, 9.17) is 19.2 Å². The maximum absolute atomic E-state index is 12.5. The van der Waals surface area contributed by atoms with Crippen LogP contribution in [0.3, 0.4) is 0 Å². The molecular formula is C20H20O9. The minimum atomic E-state index is -2.73. The smallest absolute Gasteiger partial charge is 0.399 e. The van der Waals surface area contributed by atoms with Crippen molar-refractivity contribution in [3.63, 3.8) is 0 Å². The van der Waals surface area contributed by atoms with Gasteiger partial charge >= 0.3 is 17.9 Å². The predicted octanol–water partition coefficient (Wildman–Crippen LogP) is 0.789. The van der Waals surface area contributed by atoms with Gasteiger partial charge in [0.1, 0.15) is 12.2 Å². The van der Waals surface area contributed by atoms with Crippen LogP contribution in [-0.4, -0.2) is 57.6 Å². The van der Waals surface area contributed by atoms with Crippen LogP contribution in [0, 0.1) is 0 Å². The summed E-state index contributed by atoms with van der Waals surface area (Å²) in [5.41, 5.74) is -2.18. The summed E-state index contributed by atoms with van der Waals surface area (Å²) in [6.45, 7) is 0.333. The number of esters is 1. The van der Waals surface area contributed by atoms with Gasteiger partial charge in [0.25, 0.3) is 0 Å². The summed E-state index contributed by atoms with van der Waals surface area (Å²) in [6.07, 6.45) is -3.09. The van der Waals surface area contributed by atoms with Crippen LogP contribution in [0.1, 0.15) is 27.6 Å². The summed E-state index contributed by atoms with van der Waals surface area (Å²) >= 11 is 0. The van der Waals surface area contributed by atoms with Gasteiger partial charge in [-0.2, -0.15) is 0 Å². The molecular weight excluding hydrogens is 384 g/mol. The first-order valence-corrected chi connectivity index (χ1v) is 8.73. The highest BCUT2D eigenvalue weighted by molar-refractivity contribution is 5.90. The van der Waals surface area contributed by atoms with Crippen molar-refractivity contribution in [3.05, 3.63) is 71.8 Å². The topological polar surface area (TPSA) is 132 Å². The Morgan fingerprint density at radius 2 is 1.52 bits per heavy atom. The lowest BCUT2D eigenvalue weighted by atomic mass is 9.96. The van der Waals surface area contributed by atoms with Crippen LogP contribution in [-0.2, 0) is 19.2 Å². The van der Waals surface area contributed by atoms with E-state index >= 15 is 0 Å². The Morgan fingerprint density at radius 3 is 2.00 bits per heavy atom. The third-order valence-electron chi connectivity index (χ3n) is 4.51. The molecule has 1 aliphatic rings. The van der Waals surface area contributed by atoms with Crippen molar-refractivity contribution in [2.24, 2.45) is 0 Å². The molecule has 0 bridgehead atoms. The van der Waals surface area contributed by atoms with Crippen LogP contribution in [0.5, 0.6) is 0 Å². The molecule has 2 aromatic rings. The maximum atomic E-state index is 12.5. The molecule has 0 saturated carbocycles. The number of carbonyl (C=O) groups is 2. The molecule has 1 aliphatic heterocycles. The van der Waals surface area contributed by atoms with E-state index < -0.39 is 42.3 Å². The Morgan fingerprint density at radius 1 is 1.00 bits per heavy atom. The molecule has 9 heteroatoms. The first-order valence-electron chi connectivity index (χ1n) is 8.73. The van der Waals surface area contributed by atoms with Gasteiger partial charge in [-0.1, -0.05) is 36.4 Å². The Labute approximate surface area is 165 Å². The number of rotatable bonds is 6. The minimum absolute atomic E-state index is 0.0891. The molecule has 154 valence electrons. The third-order valence-corrected chi connectivity index (χ3v) is 4.51. The molecule has 0 spiro atoms. The van der Waals surface area contributed by atoms with Crippen LogP contribution in [0.15, 0.2) is 60.7 Å². The summed E-state index contributed by atoms with van der Waals surface area (Å²) in [5, 5.41) is 30.5. The fraction of sp³-hybridized carbons (Fsp3) is 0.300. The van der Waals surface area contributed by atoms with E-state index in [2.05, 4.69) is 0 Å². The average Bonchev–Trinajstić information content (AvgIpc) is 2.93. The number of hydrogen-bond donors (Lipinski definition) is 3. The molecule has 4 atom stereocenters. The molecule has 1 heterocycles. The van der Waals surface area contributed by atoms with Gasteiger partial charge in [0, 0.05) is 0 Å². The largest absolute Gasteiger partial charge is 0.400 e. The lowest BCUT2D eigenvalue weighted by molar-refractivity contribution is -0.494. The predicted molar refractivity (Wildman–Crippen MR) is 96.1 cm³/mol. The van der Waals surface area contributed by atoms with Crippen LogP contribution in [0.2, 0.25) is 0 Å². The van der Waals surface area contributed by atoms with Crippen LogP contribution >= 0.6 is 0 Å². The van der Waals surface area contributed by atoms with E-state index in [9.17, 15) is 24.9 Å². The molecule has 0 unspecified atom stereocenters. The van der Waals surface area contributed by atoms with Gasteiger partial charge in [-0.3, -0.25) is 4.89 Å². The molecule has 0 aliphatic carbocycles. The number of ether oxygens (including phenoxy) is 2. The SMILES string of the molecule is C[C@@]1(O)[C@H](O)[C@@H](CO)O[C@]1(OOC(=O)c1ccccc1)OC(=O)c1ccccc1. The summed E-state index contributed by atoms with van der Waals surface area (Å²) in [5.74, 6) is -4.66. The summed E-state index contributed by atoms with van der Waals surface area (Å²) < 4.78 is 10.5. The molecule has 3 N–H and O–H groups in total. The maximum Gasteiger partial charge on any atom is 0.400 e. The van der Waals surface area contributed by atoms with Gasteiger partial charge in [0.2, 0.25) is 0 Å². The molecule has 29 heavy (non-hydrogen) atoms. The van der Waals surface area contributed by atoms with Gasteiger partial charge in [-0.05, 0) is 31.2 Å². The number of benzene rings is 2. The Balaban J connectivity index is 1.87. The fourth-order valence-electron chi connectivity index (χ4n) is 2.78. The van der Waals surface area contributed by atoms with E-state index in [0.717, 1.165) is 6.92 Å². The van der Waals surface area contributed by atoms with E-state index in [0.29, 0.717) is 0 Å². The molecule has 1 fully saturated rings. The van der Waals surface area contributed by atoms with Crippen molar-refractivity contribution in [2.75, 3.05) is 6.61 Å². The zero-order valence-electron chi connectivity index (χ0n) is 15.4. The van der Waals surface area contributed by atoms with Crippen molar-refractivity contribution < 1.29 is 44.2 Å². The Kier molecular flexibility index (Phi) is 5.96. The molecule has 2 aromatic carbocycles. The highest BCUT2D eigenvalue weighted by Crippen LogP contribution is 2.42. The number of hydrogen-bond acceptors (Lipinski definition) is 9. The highest BCUT2D eigenvalue weighted by atomic mass is 17.3. The van der Waals surface area contributed by atoms with Crippen molar-refractivity contribution in [3.8, 4) is 0 Å². The average molecular weight is 404 g/mol. The lowest BCUT2D eigenvalue weighted by Crippen LogP contribution is -2.58. The van der Waals surface area contributed by atoms with Gasteiger partial charge in [0.05, 0.1) is 17.7 Å². The monoisotopic (exact) mass is 404 g/mol. The minimum Gasteiger partial charge on any atom is -0.399 e. The Bertz CT molecular complexity index is 853. The van der Waals surface area contributed by atoms with Gasteiger partial charge < -0.3 is 24.8 Å². The van der Waals surface area contributed by atoms with E-state index in [-0.39, 0.29) is 11.1 Å². The van der Waals surface area contributed by atoms with Crippen molar-refractivity contribution in [1.29, 1.82) is 0 Å². The van der Waals surface area contributed by atoms with Gasteiger partial charge in [-0.25, -0.2) is 9.59 Å². The van der Waals surface area contributed by atoms with Crippen LogP contribution in [0.25, 0.3) is 0 Å². The fourth-order valence-corrected chi connectivity index (χ4v) is 2.78. The Hall–Kier alpha value is -2.82. The van der Waals surface area contributed by atoms with Crippen molar-refractivity contribution in [2.45, 2.75) is 30.7 Å². The van der Waals surface area contributed by atoms with E-state index in [1.165, 1.54) is 24.3 Å². The van der Waals surface area contributed by atoms with E-state index in [1.807, 2.05) is 0 Å². The quantitative estimate of drug-likeness (QED) is 0.277. The summed E-state index contributed by atoms with van der Waals surface area (Å²) in [6, 6.07) is 15.5. The second kappa shape index (κ2) is 8.27. The first-order chi connectivity index (χ1) is 13.8. The number of aliphatic hydroxyl groups excluding tert-OH is 2. The van der Waals surface area contributed by atoms with Gasteiger partial charge in [0.15, 0.2) is 5.60 Å². The van der Waals surface area contributed by atoms with Gasteiger partial charge in [-0.15, -0.1) is 4.89 Å². The molecule has 3 rings (SSSR count). The standard InChI is InChI=1S/C20H20O9/c1-19(25)16(22)15(12-21)26-20(19,27-17(23)13-8-4-2-5-9-13)29-28-18(24)14-10-6-3-7-11-14/h2-11,15-16,21-22,25H,12H2,1H3/t15-,16-,19-,20+/m1/s1. The second-order valence-corrected chi connectivity index (χ2v) is 6.56. The van der Waals surface area contributed by atoms with Crippen molar-refractivity contribution in [1.82, 2.24) is 0 Å². The summed E-state index contributed by atoms with van der Waals surface area (Å²) in [4.78, 5) is 34.5. The number of carbonyl (C=O) groups excluding carboxylic acids is 2. The molecule has 1 saturated heterocycles. The lowest BCUT2D eigenvalue weighted by Gasteiger charge is -2.35. The van der Waals surface area contributed by atoms with Crippen LogP contribution < -0.4 is 0 Å². The second-order valence-electron chi connectivity index (χ2n) is 6.56. The normalized spacial score (nSPS) is 28.7. The highest BCUT2D eigenvalue weighted by Gasteiger charge is 2.69. The van der Waals surface area contributed by atoms with Crippen molar-refractivity contribution >= 4 is 11.9 Å². The third kappa shape index (κ3) is 4.00. The summed E-state index contributed by atoms with van der Waals surface area (Å²) in [7, 11) is 0. The van der Waals surface area contributed by atoms with Crippen LogP contribution in [0.4, 0.5) is 0 Å². The zero-order valence-corrected chi connectivity index (χ0v) is 15.4. The molecule has 9 nitrogen and oxygen atoms in total. The molecule has 0 aromatic heterocycles. The zero-order chi connectivity index (χ0) is 21.1. The molecule has 0 amide bonds. The molecule has 0 radical (unpaired) electrons. The number of aliphatic hydroxyl groups is 3. The van der Waals surface area contributed by atoms with E-state index in [1.54, 1.807) is 36.4 Å².